The molecule has 3 aliphatic heterocycles. The highest BCUT2D eigenvalue weighted by Gasteiger charge is 2.25. The fourth-order valence-electron chi connectivity index (χ4n) is 5.36. The third kappa shape index (κ3) is 4.42. The number of carbonyl (C=O) groups is 1. The highest BCUT2D eigenvalue weighted by Crippen LogP contribution is 2.26. The summed E-state index contributed by atoms with van der Waals surface area (Å²) >= 11 is 6.31. The van der Waals surface area contributed by atoms with Gasteiger partial charge in [-0.15, -0.1) is 0 Å². The average molecular weight is 436 g/mol. The second-order valence-corrected chi connectivity index (χ2v) is 9.44. The summed E-state index contributed by atoms with van der Waals surface area (Å²) < 4.78 is 0. The standard InChI is InChI=1S/C26H30ClN3O/c27-24-8-3-7-22-23(17-28-26(22)24)20-10-14-29(15-11-20)13-4-9-25(31)30-16-12-19-5-1-2-6-21(19)18-30/h1-3,5-8,20H,4,9-18H2. The van der Waals surface area contributed by atoms with Crippen LogP contribution in [-0.4, -0.2) is 48.4 Å². The quantitative estimate of drug-likeness (QED) is 0.723. The first kappa shape index (κ1) is 20.7. The maximum Gasteiger partial charge on any atom is 0.222 e. The van der Waals surface area contributed by atoms with E-state index in [1.165, 1.54) is 34.8 Å². The smallest absolute Gasteiger partial charge is 0.222 e. The molecule has 0 atom stereocenters. The molecular formula is C26H30ClN3O. The van der Waals surface area contributed by atoms with Crippen molar-refractivity contribution in [2.24, 2.45) is 10.9 Å². The number of hydrogen-bond donors (Lipinski definition) is 0. The van der Waals surface area contributed by atoms with E-state index in [9.17, 15) is 4.79 Å². The lowest BCUT2D eigenvalue weighted by molar-refractivity contribution is -0.132. The van der Waals surface area contributed by atoms with Crippen molar-refractivity contribution < 1.29 is 4.79 Å². The van der Waals surface area contributed by atoms with E-state index >= 15 is 0 Å². The number of amides is 1. The molecule has 5 heteroatoms. The zero-order chi connectivity index (χ0) is 21.2. The molecule has 3 aliphatic rings. The van der Waals surface area contributed by atoms with Gasteiger partial charge in [0.05, 0.1) is 16.9 Å². The van der Waals surface area contributed by atoms with Crippen molar-refractivity contribution in [2.75, 3.05) is 32.7 Å². The molecule has 0 radical (unpaired) electrons. The maximum absolute atomic E-state index is 12.7. The van der Waals surface area contributed by atoms with Gasteiger partial charge in [-0.05, 0) is 74.0 Å². The van der Waals surface area contributed by atoms with Crippen LogP contribution in [-0.2, 0) is 17.8 Å². The molecule has 2 aromatic rings. The third-order valence-electron chi connectivity index (χ3n) is 7.17. The Morgan fingerprint density at radius 2 is 1.84 bits per heavy atom. The second kappa shape index (κ2) is 9.13. The van der Waals surface area contributed by atoms with Gasteiger partial charge in [0.2, 0.25) is 5.91 Å². The van der Waals surface area contributed by atoms with Gasteiger partial charge >= 0.3 is 0 Å². The van der Waals surface area contributed by atoms with E-state index in [0.717, 1.165) is 62.5 Å². The lowest BCUT2D eigenvalue weighted by Gasteiger charge is -2.33. The number of nitrogens with zero attached hydrogens (tertiary/aromatic N) is 3. The van der Waals surface area contributed by atoms with Crippen LogP contribution < -0.4 is 10.6 Å². The highest BCUT2D eigenvalue weighted by atomic mass is 35.5. The summed E-state index contributed by atoms with van der Waals surface area (Å²) in [5.41, 5.74) is 4.17. The summed E-state index contributed by atoms with van der Waals surface area (Å²) in [5, 5.41) is 3.02. The molecule has 1 amide bonds. The molecule has 5 rings (SSSR count). The molecule has 0 bridgehead atoms. The molecule has 2 aromatic carbocycles. The molecule has 4 nitrogen and oxygen atoms in total. The predicted molar refractivity (Wildman–Crippen MR) is 124 cm³/mol. The Hall–Kier alpha value is -2.17. The molecule has 3 heterocycles. The number of likely N-dealkylation sites (tertiary alicyclic amines) is 1. The van der Waals surface area contributed by atoms with Crippen LogP contribution in [0.25, 0.3) is 5.57 Å². The number of fused-ring (bicyclic) bond motifs is 2. The van der Waals surface area contributed by atoms with E-state index in [1.807, 2.05) is 17.0 Å². The fraction of sp³-hybridized carbons (Fsp3) is 0.462. The minimum atomic E-state index is 0.306. The van der Waals surface area contributed by atoms with Crippen LogP contribution in [0.3, 0.4) is 0 Å². The van der Waals surface area contributed by atoms with Crippen LogP contribution in [0.15, 0.2) is 47.5 Å². The monoisotopic (exact) mass is 435 g/mol. The van der Waals surface area contributed by atoms with Crippen LogP contribution in [0.2, 0.25) is 5.02 Å². The van der Waals surface area contributed by atoms with Crippen molar-refractivity contribution in [3.63, 3.8) is 0 Å². The summed E-state index contributed by atoms with van der Waals surface area (Å²) in [6, 6.07) is 14.6. The van der Waals surface area contributed by atoms with Gasteiger partial charge < -0.3 is 9.80 Å². The van der Waals surface area contributed by atoms with Gasteiger partial charge in [0.15, 0.2) is 0 Å². The Labute approximate surface area is 189 Å². The minimum absolute atomic E-state index is 0.306. The first-order chi connectivity index (χ1) is 15.2. The number of halogens is 1. The molecule has 0 spiro atoms. The molecule has 0 aromatic heterocycles. The van der Waals surface area contributed by atoms with Gasteiger partial charge in [-0.3, -0.25) is 9.79 Å². The minimum Gasteiger partial charge on any atom is -0.338 e. The number of carbonyl (C=O) groups excluding carboxylic acids is 1. The van der Waals surface area contributed by atoms with Crippen LogP contribution >= 0.6 is 11.6 Å². The first-order valence-corrected chi connectivity index (χ1v) is 12.0. The summed E-state index contributed by atoms with van der Waals surface area (Å²) in [7, 11) is 0. The molecule has 0 N–H and O–H groups in total. The number of para-hydroxylation sites is 1. The Morgan fingerprint density at radius 1 is 1.03 bits per heavy atom. The van der Waals surface area contributed by atoms with E-state index < -0.39 is 0 Å². The molecular weight excluding hydrogens is 406 g/mol. The normalized spacial score (nSPS) is 19.1. The molecule has 0 unspecified atom stereocenters. The van der Waals surface area contributed by atoms with Crippen molar-refractivity contribution >= 4 is 23.1 Å². The van der Waals surface area contributed by atoms with Gasteiger partial charge in [0.25, 0.3) is 0 Å². The zero-order valence-electron chi connectivity index (χ0n) is 18.0. The summed E-state index contributed by atoms with van der Waals surface area (Å²) in [4.78, 5) is 21.9. The molecule has 1 fully saturated rings. The topological polar surface area (TPSA) is 35.9 Å². The Bertz CT molecular complexity index is 1090. The van der Waals surface area contributed by atoms with E-state index in [0.29, 0.717) is 18.2 Å². The first-order valence-electron chi connectivity index (χ1n) is 11.6. The van der Waals surface area contributed by atoms with Crippen molar-refractivity contribution in [1.82, 2.24) is 9.80 Å². The van der Waals surface area contributed by atoms with Gasteiger partial charge in [0, 0.05) is 24.7 Å². The fourth-order valence-corrected chi connectivity index (χ4v) is 5.59. The van der Waals surface area contributed by atoms with Crippen molar-refractivity contribution in [2.45, 2.75) is 38.6 Å². The maximum atomic E-state index is 12.7. The van der Waals surface area contributed by atoms with E-state index in [2.05, 4.69) is 40.2 Å². The highest BCUT2D eigenvalue weighted by molar-refractivity contribution is 6.30. The number of benzene rings is 2. The van der Waals surface area contributed by atoms with Gasteiger partial charge in [-0.2, -0.15) is 0 Å². The summed E-state index contributed by atoms with van der Waals surface area (Å²) in [5.74, 6) is 0.913. The molecule has 162 valence electrons. The largest absolute Gasteiger partial charge is 0.338 e. The van der Waals surface area contributed by atoms with E-state index in [1.54, 1.807) is 0 Å². The Balaban J connectivity index is 1.09. The third-order valence-corrected chi connectivity index (χ3v) is 7.47. The predicted octanol–water partition coefficient (Wildman–Crippen LogP) is 3.20. The van der Waals surface area contributed by atoms with Crippen LogP contribution in [0, 0.1) is 5.92 Å². The van der Waals surface area contributed by atoms with Gasteiger partial charge in [-0.25, -0.2) is 0 Å². The number of hydrogen-bond acceptors (Lipinski definition) is 3. The van der Waals surface area contributed by atoms with Crippen molar-refractivity contribution in [1.29, 1.82) is 0 Å². The van der Waals surface area contributed by atoms with E-state index in [-0.39, 0.29) is 0 Å². The number of rotatable bonds is 5. The zero-order valence-corrected chi connectivity index (χ0v) is 18.8. The molecule has 31 heavy (non-hydrogen) atoms. The molecule has 0 aliphatic carbocycles. The van der Waals surface area contributed by atoms with E-state index in [4.69, 9.17) is 11.6 Å². The van der Waals surface area contributed by atoms with Crippen LogP contribution in [0.1, 0.15) is 36.8 Å². The average Bonchev–Trinajstić information content (AvgIpc) is 3.25. The SMILES string of the molecule is O=C(CCCN1CCC(C2=c3cccc(Cl)c3=NC2)CC1)N1CCc2ccccc2C1. The van der Waals surface area contributed by atoms with Gasteiger partial charge in [0.1, 0.15) is 0 Å². The van der Waals surface area contributed by atoms with Gasteiger partial charge in [-0.1, -0.05) is 48.0 Å². The Kier molecular flexibility index (Phi) is 6.10. The number of piperidine rings is 1. The second-order valence-electron chi connectivity index (χ2n) is 9.03. The van der Waals surface area contributed by atoms with Crippen molar-refractivity contribution in [3.8, 4) is 0 Å². The summed E-state index contributed by atoms with van der Waals surface area (Å²) in [6.45, 7) is 5.67. The lowest BCUT2D eigenvalue weighted by Crippen LogP contribution is -2.38. The Morgan fingerprint density at radius 3 is 2.68 bits per heavy atom. The van der Waals surface area contributed by atoms with Crippen molar-refractivity contribution in [3.05, 3.63) is 69.2 Å². The van der Waals surface area contributed by atoms with Crippen LogP contribution in [0.5, 0.6) is 0 Å². The molecule has 1 saturated heterocycles. The van der Waals surface area contributed by atoms with Crippen LogP contribution in [0.4, 0.5) is 0 Å². The lowest BCUT2D eigenvalue weighted by atomic mass is 9.88. The summed E-state index contributed by atoms with van der Waals surface area (Å²) in [6.07, 6.45) is 4.94. The molecule has 0 saturated carbocycles.